The summed E-state index contributed by atoms with van der Waals surface area (Å²) in [6, 6.07) is 57.8. The fraction of sp³-hybridized carbons (Fsp3) is 0. The molecule has 186 valence electrons. The molecule has 0 aliphatic rings. The lowest BCUT2D eigenvalue weighted by Crippen LogP contribution is -2.11. The molecule has 0 atom stereocenters. The van der Waals surface area contributed by atoms with Crippen LogP contribution in [0.25, 0.3) is 34.4 Å². The number of hydrogen-bond donors (Lipinski definition) is 0. The molecular formula is C38H29N. The van der Waals surface area contributed by atoms with Crippen molar-refractivity contribution in [3.63, 3.8) is 0 Å². The van der Waals surface area contributed by atoms with Gasteiger partial charge < -0.3 is 4.90 Å². The molecule has 1 nitrogen and oxygen atoms in total. The molecule has 6 aromatic rings. The summed E-state index contributed by atoms with van der Waals surface area (Å²) in [5.41, 5.74) is 10.5. The molecule has 0 amide bonds. The lowest BCUT2D eigenvalue weighted by Gasteiger charge is -2.28. The van der Waals surface area contributed by atoms with Crippen LogP contribution in [0.4, 0.5) is 17.1 Å². The highest BCUT2D eigenvalue weighted by atomic mass is 15.1. The first-order valence-corrected chi connectivity index (χ1v) is 13.3. The molecule has 6 rings (SSSR count). The van der Waals surface area contributed by atoms with E-state index in [0.717, 1.165) is 22.6 Å². The predicted molar refractivity (Wildman–Crippen MR) is 167 cm³/mol. The monoisotopic (exact) mass is 499 g/mol. The third kappa shape index (κ3) is 5.58. The second-order valence-electron chi connectivity index (χ2n) is 9.47. The number of nitrogens with zero attached hydrogens (tertiary/aromatic N) is 1. The van der Waals surface area contributed by atoms with E-state index in [1.165, 1.54) is 27.8 Å². The Kier molecular flexibility index (Phi) is 7.14. The highest BCUT2D eigenvalue weighted by Gasteiger charge is 2.16. The zero-order valence-electron chi connectivity index (χ0n) is 21.7. The molecule has 1 heteroatoms. The summed E-state index contributed by atoms with van der Waals surface area (Å²) in [4.78, 5) is 2.36. The Labute approximate surface area is 231 Å². The molecule has 0 aromatic heterocycles. The first-order chi connectivity index (χ1) is 19.3. The van der Waals surface area contributed by atoms with Gasteiger partial charge in [0.1, 0.15) is 0 Å². The van der Waals surface area contributed by atoms with Gasteiger partial charge in [0.05, 0.1) is 5.69 Å². The fourth-order valence-electron chi connectivity index (χ4n) is 4.92. The maximum atomic E-state index is 2.36. The zero-order chi connectivity index (χ0) is 26.3. The first kappa shape index (κ1) is 24.2. The van der Waals surface area contributed by atoms with Gasteiger partial charge in [-0.1, -0.05) is 146 Å². The van der Waals surface area contributed by atoms with E-state index in [-0.39, 0.29) is 0 Å². The molecule has 0 saturated carbocycles. The summed E-state index contributed by atoms with van der Waals surface area (Å²) >= 11 is 0. The van der Waals surface area contributed by atoms with Crippen molar-refractivity contribution in [3.05, 3.63) is 175 Å². The van der Waals surface area contributed by atoms with Gasteiger partial charge in [0.25, 0.3) is 0 Å². The minimum Gasteiger partial charge on any atom is -0.310 e. The van der Waals surface area contributed by atoms with E-state index >= 15 is 0 Å². The predicted octanol–water partition coefficient (Wildman–Crippen LogP) is 10.7. The van der Waals surface area contributed by atoms with E-state index in [1.54, 1.807) is 0 Å². The summed E-state index contributed by atoms with van der Waals surface area (Å²) < 4.78 is 0. The van der Waals surface area contributed by atoms with Crippen molar-refractivity contribution in [2.75, 3.05) is 4.90 Å². The van der Waals surface area contributed by atoms with Gasteiger partial charge in [-0.15, -0.1) is 0 Å². The molecule has 39 heavy (non-hydrogen) atoms. The number of hydrogen-bond acceptors (Lipinski definition) is 1. The molecule has 6 aromatic carbocycles. The topological polar surface area (TPSA) is 3.24 Å². The average Bonchev–Trinajstić information content (AvgIpc) is 3.02. The first-order valence-electron chi connectivity index (χ1n) is 13.3. The molecule has 0 fully saturated rings. The van der Waals surface area contributed by atoms with Crippen molar-refractivity contribution in [3.8, 4) is 22.3 Å². The lowest BCUT2D eigenvalue weighted by molar-refractivity contribution is 1.28. The van der Waals surface area contributed by atoms with E-state index in [0.29, 0.717) is 0 Å². The minimum atomic E-state index is 1.11. The fourth-order valence-corrected chi connectivity index (χ4v) is 4.92. The van der Waals surface area contributed by atoms with Gasteiger partial charge in [-0.05, 0) is 63.7 Å². The number of para-hydroxylation sites is 1. The molecule has 0 saturated heterocycles. The van der Waals surface area contributed by atoms with Gasteiger partial charge in [0.2, 0.25) is 0 Å². The maximum absolute atomic E-state index is 2.36. The quantitative estimate of drug-likeness (QED) is 0.197. The third-order valence-corrected chi connectivity index (χ3v) is 6.86. The van der Waals surface area contributed by atoms with Gasteiger partial charge in [-0.25, -0.2) is 0 Å². The van der Waals surface area contributed by atoms with Crippen LogP contribution in [0.15, 0.2) is 164 Å². The number of anilines is 3. The standard InChI is InChI=1S/C38H29N/c1-4-14-30(15-5-1)26-27-33-20-10-11-25-38(33)39(36-23-12-21-34(28-36)31-16-6-2-7-17-31)37-24-13-22-35(29-37)32-18-8-3-9-19-32/h1-29H/b27-26+. The minimum absolute atomic E-state index is 1.11. The van der Waals surface area contributed by atoms with E-state index in [2.05, 4.69) is 175 Å². The second kappa shape index (κ2) is 11.5. The van der Waals surface area contributed by atoms with Crippen molar-refractivity contribution in [1.29, 1.82) is 0 Å². The van der Waals surface area contributed by atoms with Crippen molar-refractivity contribution < 1.29 is 0 Å². The Morgan fingerprint density at radius 3 is 1.38 bits per heavy atom. The van der Waals surface area contributed by atoms with Crippen molar-refractivity contribution in [2.24, 2.45) is 0 Å². The van der Waals surface area contributed by atoms with Crippen molar-refractivity contribution in [2.45, 2.75) is 0 Å². The Hall–Kier alpha value is -5.14. The Balaban J connectivity index is 1.51. The Morgan fingerprint density at radius 1 is 0.359 bits per heavy atom. The average molecular weight is 500 g/mol. The Morgan fingerprint density at radius 2 is 0.821 bits per heavy atom. The molecule has 0 heterocycles. The van der Waals surface area contributed by atoms with Crippen LogP contribution in [0, 0.1) is 0 Å². The van der Waals surface area contributed by atoms with E-state index in [9.17, 15) is 0 Å². The van der Waals surface area contributed by atoms with Gasteiger partial charge in [-0.2, -0.15) is 0 Å². The van der Waals surface area contributed by atoms with Gasteiger partial charge in [0, 0.05) is 11.4 Å². The lowest BCUT2D eigenvalue weighted by atomic mass is 10.0. The molecule has 0 bridgehead atoms. The summed E-state index contributed by atoms with van der Waals surface area (Å²) in [5, 5.41) is 0. The van der Waals surface area contributed by atoms with Crippen LogP contribution >= 0.6 is 0 Å². The van der Waals surface area contributed by atoms with Gasteiger partial charge >= 0.3 is 0 Å². The zero-order valence-corrected chi connectivity index (χ0v) is 21.7. The molecule has 0 N–H and O–H groups in total. The SMILES string of the molecule is C(=C\c1ccccc1N(c1cccc(-c2ccccc2)c1)c1cccc(-c2ccccc2)c1)/c1ccccc1. The number of benzene rings is 6. The molecule has 0 radical (unpaired) electrons. The second-order valence-corrected chi connectivity index (χ2v) is 9.47. The maximum Gasteiger partial charge on any atom is 0.0534 e. The largest absolute Gasteiger partial charge is 0.310 e. The normalized spacial score (nSPS) is 11.0. The molecule has 0 unspecified atom stereocenters. The summed E-state index contributed by atoms with van der Waals surface area (Å²) in [6.07, 6.45) is 4.39. The van der Waals surface area contributed by atoms with Crippen LogP contribution in [0.1, 0.15) is 11.1 Å². The van der Waals surface area contributed by atoms with Crippen LogP contribution in [0.2, 0.25) is 0 Å². The van der Waals surface area contributed by atoms with Crippen molar-refractivity contribution in [1.82, 2.24) is 0 Å². The highest BCUT2D eigenvalue weighted by molar-refractivity contribution is 5.87. The Bertz CT molecular complexity index is 1600. The highest BCUT2D eigenvalue weighted by Crippen LogP contribution is 2.40. The smallest absolute Gasteiger partial charge is 0.0534 e. The third-order valence-electron chi connectivity index (χ3n) is 6.86. The van der Waals surface area contributed by atoms with Gasteiger partial charge in [0.15, 0.2) is 0 Å². The van der Waals surface area contributed by atoms with Crippen LogP contribution in [-0.4, -0.2) is 0 Å². The summed E-state index contributed by atoms with van der Waals surface area (Å²) in [6.45, 7) is 0. The molecule has 0 spiro atoms. The molecular weight excluding hydrogens is 470 g/mol. The summed E-state index contributed by atoms with van der Waals surface area (Å²) in [7, 11) is 0. The summed E-state index contributed by atoms with van der Waals surface area (Å²) in [5.74, 6) is 0. The van der Waals surface area contributed by atoms with Crippen LogP contribution < -0.4 is 4.90 Å². The van der Waals surface area contributed by atoms with Crippen molar-refractivity contribution >= 4 is 29.2 Å². The van der Waals surface area contributed by atoms with E-state index < -0.39 is 0 Å². The van der Waals surface area contributed by atoms with Crippen LogP contribution in [0.5, 0.6) is 0 Å². The van der Waals surface area contributed by atoms with Gasteiger partial charge in [-0.3, -0.25) is 0 Å². The van der Waals surface area contributed by atoms with Crippen LogP contribution in [-0.2, 0) is 0 Å². The van der Waals surface area contributed by atoms with Crippen LogP contribution in [0.3, 0.4) is 0 Å². The molecule has 0 aliphatic heterocycles. The van der Waals surface area contributed by atoms with E-state index in [4.69, 9.17) is 0 Å². The molecule has 0 aliphatic carbocycles. The van der Waals surface area contributed by atoms with E-state index in [1.807, 2.05) is 6.07 Å². The number of rotatable bonds is 7.